The molecule has 0 aliphatic carbocycles. The van der Waals surface area contributed by atoms with Crippen LogP contribution in [-0.4, -0.2) is 49.7 Å². The molecule has 4 heteroatoms. The van der Waals surface area contributed by atoms with E-state index in [1.54, 1.807) is 0 Å². The Balaban J connectivity index is 1.68. The molecule has 1 N–H and O–H groups in total. The Morgan fingerprint density at radius 1 is 1.30 bits per heavy atom. The van der Waals surface area contributed by atoms with E-state index in [4.69, 9.17) is 4.74 Å². The molecule has 1 atom stereocenters. The summed E-state index contributed by atoms with van der Waals surface area (Å²) in [6.45, 7) is 6.93. The largest absolute Gasteiger partial charge is 0.376 e. The van der Waals surface area contributed by atoms with Crippen LogP contribution in [-0.2, 0) is 9.53 Å². The monoisotopic (exact) mass is 282 g/mol. The fourth-order valence-electron chi connectivity index (χ4n) is 3.24. The van der Waals surface area contributed by atoms with Crippen molar-refractivity contribution >= 4 is 5.91 Å². The van der Waals surface area contributed by atoms with E-state index in [1.807, 2.05) is 4.90 Å². The zero-order valence-electron chi connectivity index (χ0n) is 12.9. The SMILES string of the molecule is CCCOC1CCCN(C(=O)CCC2CCNCC2)C1. The standard InChI is InChI=1S/C16H30N2O2/c1-2-12-20-15-4-3-11-18(13-15)16(19)6-5-14-7-9-17-10-8-14/h14-15,17H,2-13H2,1H3. The Kier molecular flexibility index (Phi) is 6.80. The normalized spacial score (nSPS) is 24.9. The smallest absolute Gasteiger partial charge is 0.222 e. The van der Waals surface area contributed by atoms with Crippen molar-refractivity contribution in [3.05, 3.63) is 0 Å². The van der Waals surface area contributed by atoms with Gasteiger partial charge in [0.25, 0.3) is 0 Å². The highest BCUT2D eigenvalue weighted by Crippen LogP contribution is 2.20. The summed E-state index contributed by atoms with van der Waals surface area (Å²) in [6, 6.07) is 0. The lowest BCUT2D eigenvalue weighted by molar-refractivity contribution is -0.135. The summed E-state index contributed by atoms with van der Waals surface area (Å²) >= 11 is 0. The molecule has 2 heterocycles. The number of amides is 1. The molecule has 0 spiro atoms. The lowest BCUT2D eigenvalue weighted by Gasteiger charge is -2.33. The van der Waals surface area contributed by atoms with Gasteiger partial charge < -0.3 is 15.0 Å². The van der Waals surface area contributed by atoms with Crippen LogP contribution >= 0.6 is 0 Å². The van der Waals surface area contributed by atoms with Gasteiger partial charge in [0, 0.05) is 26.1 Å². The molecule has 0 aromatic heterocycles. The molecule has 4 nitrogen and oxygen atoms in total. The van der Waals surface area contributed by atoms with Gasteiger partial charge in [0.2, 0.25) is 5.91 Å². The number of hydrogen-bond acceptors (Lipinski definition) is 3. The second-order valence-corrected chi connectivity index (χ2v) is 6.21. The van der Waals surface area contributed by atoms with Crippen molar-refractivity contribution in [3.63, 3.8) is 0 Å². The number of rotatable bonds is 6. The maximum atomic E-state index is 12.3. The second-order valence-electron chi connectivity index (χ2n) is 6.21. The van der Waals surface area contributed by atoms with Crippen LogP contribution in [0.5, 0.6) is 0 Å². The van der Waals surface area contributed by atoms with Gasteiger partial charge in [-0.2, -0.15) is 0 Å². The summed E-state index contributed by atoms with van der Waals surface area (Å²) in [6.07, 6.45) is 7.78. The summed E-state index contributed by atoms with van der Waals surface area (Å²) in [5.74, 6) is 1.09. The molecular weight excluding hydrogens is 252 g/mol. The molecule has 1 amide bonds. The van der Waals surface area contributed by atoms with E-state index in [-0.39, 0.29) is 6.10 Å². The second kappa shape index (κ2) is 8.63. The first-order valence-electron chi connectivity index (χ1n) is 8.39. The summed E-state index contributed by atoms with van der Waals surface area (Å²) in [7, 11) is 0. The number of nitrogens with zero attached hydrogens (tertiary/aromatic N) is 1. The maximum Gasteiger partial charge on any atom is 0.222 e. The van der Waals surface area contributed by atoms with E-state index >= 15 is 0 Å². The van der Waals surface area contributed by atoms with E-state index in [0.717, 1.165) is 70.8 Å². The van der Waals surface area contributed by atoms with Crippen molar-refractivity contribution in [1.82, 2.24) is 10.2 Å². The first-order chi connectivity index (χ1) is 9.79. The Bertz CT molecular complexity index is 290. The highest BCUT2D eigenvalue weighted by Gasteiger charge is 2.24. The van der Waals surface area contributed by atoms with Crippen molar-refractivity contribution < 1.29 is 9.53 Å². The van der Waals surface area contributed by atoms with E-state index in [2.05, 4.69) is 12.2 Å². The highest BCUT2D eigenvalue weighted by molar-refractivity contribution is 5.76. The Labute approximate surface area is 123 Å². The molecule has 0 aromatic rings. The van der Waals surface area contributed by atoms with E-state index in [9.17, 15) is 4.79 Å². The summed E-state index contributed by atoms with van der Waals surface area (Å²) in [5, 5.41) is 3.38. The van der Waals surface area contributed by atoms with Crippen molar-refractivity contribution in [1.29, 1.82) is 0 Å². The molecule has 0 bridgehead atoms. The molecule has 2 fully saturated rings. The average molecular weight is 282 g/mol. The lowest BCUT2D eigenvalue weighted by atomic mass is 9.93. The van der Waals surface area contributed by atoms with Crippen LogP contribution in [0.3, 0.4) is 0 Å². The van der Waals surface area contributed by atoms with Gasteiger partial charge in [-0.15, -0.1) is 0 Å². The van der Waals surface area contributed by atoms with Gasteiger partial charge in [0.15, 0.2) is 0 Å². The zero-order chi connectivity index (χ0) is 14.2. The van der Waals surface area contributed by atoms with Gasteiger partial charge in [0.1, 0.15) is 0 Å². The fraction of sp³-hybridized carbons (Fsp3) is 0.938. The number of nitrogens with one attached hydrogen (secondary N) is 1. The minimum Gasteiger partial charge on any atom is -0.376 e. The topological polar surface area (TPSA) is 41.6 Å². The molecular formula is C16H30N2O2. The number of likely N-dealkylation sites (tertiary alicyclic amines) is 1. The fourth-order valence-corrected chi connectivity index (χ4v) is 3.24. The predicted octanol–water partition coefficient (Wildman–Crippen LogP) is 2.18. The zero-order valence-corrected chi connectivity index (χ0v) is 12.9. The molecule has 116 valence electrons. The number of carbonyl (C=O) groups is 1. The molecule has 0 radical (unpaired) electrons. The molecule has 2 saturated heterocycles. The Hall–Kier alpha value is -0.610. The van der Waals surface area contributed by atoms with Gasteiger partial charge >= 0.3 is 0 Å². The van der Waals surface area contributed by atoms with E-state index in [1.165, 1.54) is 12.8 Å². The quantitative estimate of drug-likeness (QED) is 0.812. The van der Waals surface area contributed by atoms with Crippen LogP contribution < -0.4 is 5.32 Å². The summed E-state index contributed by atoms with van der Waals surface area (Å²) in [5.41, 5.74) is 0. The van der Waals surface area contributed by atoms with Crippen molar-refractivity contribution in [2.75, 3.05) is 32.8 Å². The van der Waals surface area contributed by atoms with Crippen molar-refractivity contribution in [3.8, 4) is 0 Å². The van der Waals surface area contributed by atoms with Crippen LogP contribution in [0.4, 0.5) is 0 Å². The molecule has 2 rings (SSSR count). The van der Waals surface area contributed by atoms with Gasteiger partial charge in [-0.05, 0) is 57.5 Å². The molecule has 1 unspecified atom stereocenters. The van der Waals surface area contributed by atoms with Gasteiger partial charge in [-0.25, -0.2) is 0 Å². The molecule has 0 aromatic carbocycles. The number of ether oxygens (including phenoxy) is 1. The first-order valence-corrected chi connectivity index (χ1v) is 8.39. The number of hydrogen-bond donors (Lipinski definition) is 1. The summed E-state index contributed by atoms with van der Waals surface area (Å²) in [4.78, 5) is 14.3. The Morgan fingerprint density at radius 2 is 2.10 bits per heavy atom. The molecule has 2 aliphatic heterocycles. The maximum absolute atomic E-state index is 12.3. The predicted molar refractivity (Wildman–Crippen MR) is 80.7 cm³/mol. The van der Waals surface area contributed by atoms with E-state index in [0.29, 0.717) is 5.91 Å². The van der Waals surface area contributed by atoms with Crippen LogP contribution in [0.25, 0.3) is 0 Å². The first kappa shape index (κ1) is 15.8. The molecule has 20 heavy (non-hydrogen) atoms. The third-order valence-electron chi connectivity index (χ3n) is 4.51. The van der Waals surface area contributed by atoms with Crippen molar-refractivity contribution in [2.45, 2.75) is 58.0 Å². The molecule has 0 saturated carbocycles. The average Bonchev–Trinajstić information content (AvgIpc) is 2.52. The van der Waals surface area contributed by atoms with Crippen LogP contribution in [0.2, 0.25) is 0 Å². The van der Waals surface area contributed by atoms with Crippen LogP contribution in [0, 0.1) is 5.92 Å². The number of carbonyl (C=O) groups excluding carboxylic acids is 1. The van der Waals surface area contributed by atoms with Crippen molar-refractivity contribution in [2.24, 2.45) is 5.92 Å². The van der Waals surface area contributed by atoms with Gasteiger partial charge in [-0.3, -0.25) is 4.79 Å². The number of piperidine rings is 2. The Morgan fingerprint density at radius 3 is 2.85 bits per heavy atom. The lowest BCUT2D eigenvalue weighted by Crippen LogP contribution is -2.43. The van der Waals surface area contributed by atoms with Crippen LogP contribution in [0.15, 0.2) is 0 Å². The minimum atomic E-state index is 0.270. The minimum absolute atomic E-state index is 0.270. The van der Waals surface area contributed by atoms with Gasteiger partial charge in [-0.1, -0.05) is 6.92 Å². The third kappa shape index (κ3) is 5.06. The summed E-state index contributed by atoms with van der Waals surface area (Å²) < 4.78 is 5.80. The van der Waals surface area contributed by atoms with E-state index < -0.39 is 0 Å². The third-order valence-corrected chi connectivity index (χ3v) is 4.51. The molecule has 2 aliphatic rings. The highest BCUT2D eigenvalue weighted by atomic mass is 16.5. The van der Waals surface area contributed by atoms with Gasteiger partial charge in [0.05, 0.1) is 6.10 Å². The van der Waals surface area contributed by atoms with Crippen LogP contribution in [0.1, 0.15) is 51.9 Å².